The van der Waals surface area contributed by atoms with Gasteiger partial charge in [-0.2, -0.15) is 9.38 Å². The van der Waals surface area contributed by atoms with Gasteiger partial charge in [-0.15, -0.1) is 0 Å². The minimum atomic E-state index is -1.09. The van der Waals surface area contributed by atoms with Crippen molar-refractivity contribution in [1.29, 1.82) is 0 Å². The van der Waals surface area contributed by atoms with Gasteiger partial charge in [-0.3, -0.25) is 4.90 Å². The van der Waals surface area contributed by atoms with E-state index in [2.05, 4.69) is 25.9 Å². The van der Waals surface area contributed by atoms with Crippen molar-refractivity contribution >= 4 is 33.5 Å². The molecule has 0 amide bonds. The van der Waals surface area contributed by atoms with E-state index in [1.54, 1.807) is 4.90 Å². The van der Waals surface area contributed by atoms with E-state index in [4.69, 9.17) is 16.2 Å². The van der Waals surface area contributed by atoms with E-state index in [1.165, 1.54) is 13.2 Å². The Bertz CT molecular complexity index is 731. The molecule has 1 fully saturated rings. The third-order valence-corrected chi connectivity index (χ3v) is 4.97. The first-order chi connectivity index (χ1) is 11.4. The topological polar surface area (TPSA) is 89.2 Å². The van der Waals surface area contributed by atoms with Crippen molar-refractivity contribution in [3.63, 3.8) is 0 Å². The Hall–Kier alpha value is -1.90. The van der Waals surface area contributed by atoms with Gasteiger partial charge in [-0.25, -0.2) is 9.38 Å². The van der Waals surface area contributed by atoms with E-state index in [1.807, 2.05) is 0 Å². The number of nitrogens with zero attached hydrogens (tertiary/aromatic N) is 3. The van der Waals surface area contributed by atoms with Crippen molar-refractivity contribution in [3.8, 4) is 5.75 Å². The van der Waals surface area contributed by atoms with Crippen LogP contribution in [0.1, 0.15) is 32.1 Å². The van der Waals surface area contributed by atoms with E-state index in [9.17, 15) is 8.78 Å². The quantitative estimate of drug-likeness (QED) is 0.745. The summed E-state index contributed by atoms with van der Waals surface area (Å²) in [5.74, 6) is -2.19. The fraction of sp³-hybridized carbons (Fsp3) is 0.467. The summed E-state index contributed by atoms with van der Waals surface area (Å²) < 4.78 is 33.3. The molecule has 4 N–H and O–H groups in total. The number of methoxy groups -OCH3 is 1. The number of aliphatic imine (C=N–C) groups is 2. The number of guanidine groups is 2. The fourth-order valence-electron chi connectivity index (χ4n) is 3.40. The number of hydrogen-bond acceptors (Lipinski definition) is 6. The maximum atomic E-state index is 14.3. The molecule has 9 heteroatoms. The van der Waals surface area contributed by atoms with Gasteiger partial charge in [0, 0.05) is 0 Å². The number of rotatable bonds is 2. The van der Waals surface area contributed by atoms with Crippen molar-refractivity contribution in [1.82, 2.24) is 0 Å². The summed E-state index contributed by atoms with van der Waals surface area (Å²) in [6.45, 7) is 0. The van der Waals surface area contributed by atoms with Gasteiger partial charge < -0.3 is 16.2 Å². The number of anilines is 1. The fourth-order valence-corrected chi connectivity index (χ4v) is 3.79. The smallest absolute Gasteiger partial charge is 0.220 e. The lowest BCUT2D eigenvalue weighted by Gasteiger charge is -2.45. The standard InChI is InChI=1S/C15H18BrF2N5O/c1-24-12-9(7-8(16)10(17)11(12)18)23-14(20)21-13(19)22-15(23)5-3-2-4-6-15/h7H,2-6H2,1H3,(H4,19,20,21,22). The van der Waals surface area contributed by atoms with Gasteiger partial charge in [0.25, 0.3) is 0 Å². The molecule has 1 aromatic carbocycles. The van der Waals surface area contributed by atoms with E-state index in [0.29, 0.717) is 12.8 Å². The first kappa shape index (κ1) is 16.9. The van der Waals surface area contributed by atoms with Gasteiger partial charge in [0.15, 0.2) is 11.6 Å². The number of nitrogens with two attached hydrogens (primary N) is 2. The highest BCUT2D eigenvalue weighted by Crippen LogP contribution is 2.45. The van der Waals surface area contributed by atoms with Gasteiger partial charge >= 0.3 is 0 Å². The molecule has 1 saturated carbocycles. The van der Waals surface area contributed by atoms with Gasteiger partial charge in [-0.1, -0.05) is 6.42 Å². The highest BCUT2D eigenvalue weighted by atomic mass is 79.9. The van der Waals surface area contributed by atoms with E-state index >= 15 is 0 Å². The second-order valence-corrected chi connectivity index (χ2v) is 6.71. The first-order valence-electron chi connectivity index (χ1n) is 7.61. The molecular weight excluding hydrogens is 384 g/mol. The molecule has 3 rings (SSSR count). The molecule has 1 aromatic rings. The SMILES string of the molecule is COc1c(N2C(N)=NC(N)=NC23CCCCC3)cc(Br)c(F)c1F. The zero-order valence-electron chi connectivity index (χ0n) is 13.2. The van der Waals surface area contributed by atoms with Crippen LogP contribution < -0.4 is 21.1 Å². The van der Waals surface area contributed by atoms with Crippen molar-refractivity contribution in [3.05, 3.63) is 22.2 Å². The zero-order chi connectivity index (χ0) is 17.5. The van der Waals surface area contributed by atoms with Crippen molar-refractivity contribution in [2.24, 2.45) is 21.5 Å². The Morgan fingerprint density at radius 3 is 2.50 bits per heavy atom. The summed E-state index contributed by atoms with van der Waals surface area (Å²) >= 11 is 3.03. The molecule has 1 aliphatic carbocycles. The van der Waals surface area contributed by atoms with E-state index in [-0.39, 0.29) is 27.8 Å². The summed E-state index contributed by atoms with van der Waals surface area (Å²) in [5.41, 5.74) is 11.4. The van der Waals surface area contributed by atoms with Crippen LogP contribution in [0, 0.1) is 11.6 Å². The second-order valence-electron chi connectivity index (χ2n) is 5.86. The van der Waals surface area contributed by atoms with Crippen molar-refractivity contribution in [2.45, 2.75) is 37.8 Å². The van der Waals surface area contributed by atoms with Crippen LogP contribution in [0.3, 0.4) is 0 Å². The highest BCUT2D eigenvalue weighted by molar-refractivity contribution is 9.10. The third-order valence-electron chi connectivity index (χ3n) is 4.39. The molecule has 130 valence electrons. The zero-order valence-corrected chi connectivity index (χ0v) is 14.7. The highest BCUT2D eigenvalue weighted by Gasteiger charge is 2.44. The lowest BCUT2D eigenvalue weighted by Crippen LogP contribution is -2.58. The van der Waals surface area contributed by atoms with Crippen molar-refractivity contribution < 1.29 is 13.5 Å². The predicted octanol–water partition coefficient (Wildman–Crippen LogP) is 2.85. The summed E-state index contributed by atoms with van der Waals surface area (Å²) in [6.07, 6.45) is 4.29. The minimum Gasteiger partial charge on any atom is -0.491 e. The van der Waals surface area contributed by atoms with Crippen LogP contribution in [0.2, 0.25) is 0 Å². The van der Waals surface area contributed by atoms with Crippen LogP contribution in [0.5, 0.6) is 5.75 Å². The summed E-state index contributed by atoms with van der Waals surface area (Å²) in [7, 11) is 1.28. The molecule has 0 unspecified atom stereocenters. The molecule has 1 aliphatic heterocycles. The first-order valence-corrected chi connectivity index (χ1v) is 8.40. The molecule has 0 bridgehead atoms. The van der Waals surface area contributed by atoms with Crippen LogP contribution in [0.25, 0.3) is 0 Å². The molecule has 1 heterocycles. The lowest BCUT2D eigenvalue weighted by molar-refractivity contribution is 0.301. The number of hydrogen-bond donors (Lipinski definition) is 2. The monoisotopic (exact) mass is 401 g/mol. The van der Waals surface area contributed by atoms with Crippen molar-refractivity contribution in [2.75, 3.05) is 12.0 Å². The molecule has 6 nitrogen and oxygen atoms in total. The Labute approximate surface area is 146 Å². The van der Waals surface area contributed by atoms with Crippen LogP contribution >= 0.6 is 15.9 Å². The largest absolute Gasteiger partial charge is 0.491 e. The molecular formula is C15H18BrF2N5O. The summed E-state index contributed by atoms with van der Waals surface area (Å²) in [5, 5.41) is 0. The van der Waals surface area contributed by atoms with Crippen LogP contribution in [0.4, 0.5) is 14.5 Å². The van der Waals surface area contributed by atoms with Crippen LogP contribution in [-0.4, -0.2) is 24.7 Å². The van der Waals surface area contributed by atoms with E-state index < -0.39 is 17.3 Å². The average molecular weight is 402 g/mol. The Balaban J connectivity index is 2.21. The third kappa shape index (κ3) is 2.60. The number of halogens is 3. The maximum absolute atomic E-state index is 14.3. The second kappa shape index (κ2) is 6.19. The van der Waals surface area contributed by atoms with Gasteiger partial charge in [0.05, 0.1) is 17.3 Å². The Morgan fingerprint density at radius 1 is 1.21 bits per heavy atom. The van der Waals surface area contributed by atoms with Gasteiger partial charge in [-0.05, 0) is 47.7 Å². The predicted molar refractivity (Wildman–Crippen MR) is 92.1 cm³/mol. The Morgan fingerprint density at radius 2 is 1.88 bits per heavy atom. The summed E-state index contributed by atoms with van der Waals surface area (Å²) in [6, 6.07) is 1.42. The van der Waals surface area contributed by atoms with Gasteiger partial charge in [0.1, 0.15) is 5.66 Å². The Kier molecular flexibility index (Phi) is 4.37. The molecule has 0 aromatic heterocycles. The van der Waals surface area contributed by atoms with Crippen LogP contribution in [0.15, 0.2) is 20.5 Å². The molecule has 0 saturated heterocycles. The molecule has 0 atom stereocenters. The average Bonchev–Trinajstić information content (AvgIpc) is 2.53. The van der Waals surface area contributed by atoms with E-state index in [0.717, 1.165) is 19.3 Å². The molecule has 0 radical (unpaired) electrons. The number of ether oxygens (including phenoxy) is 1. The normalized spacial score (nSPS) is 19.9. The maximum Gasteiger partial charge on any atom is 0.220 e. The minimum absolute atomic E-state index is 0.0305. The molecule has 2 aliphatic rings. The molecule has 1 spiro atoms. The lowest BCUT2D eigenvalue weighted by atomic mass is 9.87. The molecule has 24 heavy (non-hydrogen) atoms. The van der Waals surface area contributed by atoms with Gasteiger partial charge in [0.2, 0.25) is 17.7 Å². The van der Waals surface area contributed by atoms with Crippen LogP contribution in [-0.2, 0) is 0 Å². The number of benzene rings is 1. The summed E-state index contributed by atoms with van der Waals surface area (Å²) in [4.78, 5) is 10.1.